The second-order valence-corrected chi connectivity index (χ2v) is 5.34. The van der Waals surface area contributed by atoms with Gasteiger partial charge in [-0.1, -0.05) is 24.0 Å². The van der Waals surface area contributed by atoms with Gasteiger partial charge in [0.25, 0.3) is 0 Å². The molecule has 0 spiro atoms. The molecule has 1 heterocycles. The predicted octanol–water partition coefficient (Wildman–Crippen LogP) is 2.51. The summed E-state index contributed by atoms with van der Waals surface area (Å²) in [5.74, 6) is 5.95. The molecule has 0 aliphatic rings. The van der Waals surface area contributed by atoms with Crippen molar-refractivity contribution in [2.45, 2.75) is 19.5 Å². The fourth-order valence-corrected chi connectivity index (χ4v) is 2.42. The van der Waals surface area contributed by atoms with Crippen molar-refractivity contribution in [3.05, 3.63) is 52.0 Å². The molecule has 0 bridgehead atoms. The molecule has 0 aliphatic carbocycles. The number of aliphatic hydroxyl groups excluding tert-OH is 1. The maximum atomic E-state index is 8.68. The molecule has 2 aromatic rings. The van der Waals surface area contributed by atoms with E-state index < -0.39 is 0 Å². The maximum absolute atomic E-state index is 8.68. The lowest BCUT2D eigenvalue weighted by molar-refractivity contribution is 0.305. The van der Waals surface area contributed by atoms with Crippen LogP contribution < -0.4 is 0 Å². The fourth-order valence-electron chi connectivity index (χ4n) is 1.87. The van der Waals surface area contributed by atoms with Crippen LogP contribution in [-0.4, -0.2) is 28.6 Å². The lowest BCUT2D eigenvalue weighted by atomic mass is 10.1. The summed E-state index contributed by atoms with van der Waals surface area (Å²) in [5, 5.41) is 10.8. The molecule has 3 nitrogen and oxygen atoms in total. The number of rotatable bonds is 5. The highest BCUT2D eigenvalue weighted by Gasteiger charge is 2.03. The first-order valence-corrected chi connectivity index (χ1v) is 7.46. The topological polar surface area (TPSA) is 36.4 Å². The molecule has 104 valence electrons. The number of benzene rings is 1. The molecule has 2 rings (SSSR count). The van der Waals surface area contributed by atoms with E-state index in [2.05, 4.69) is 46.3 Å². The Morgan fingerprint density at radius 2 is 2.05 bits per heavy atom. The summed E-state index contributed by atoms with van der Waals surface area (Å²) in [6.45, 7) is 1.87. The van der Waals surface area contributed by atoms with Crippen molar-refractivity contribution < 1.29 is 5.11 Å². The highest BCUT2D eigenvalue weighted by Crippen LogP contribution is 2.09. The highest BCUT2D eigenvalue weighted by molar-refractivity contribution is 7.07. The minimum Gasteiger partial charge on any atom is -0.395 e. The number of nitrogens with zero attached hydrogens (tertiary/aromatic N) is 2. The average Bonchev–Trinajstić information content (AvgIpc) is 2.94. The third-order valence-electron chi connectivity index (χ3n) is 2.79. The highest BCUT2D eigenvalue weighted by atomic mass is 32.1. The van der Waals surface area contributed by atoms with Gasteiger partial charge in [0.2, 0.25) is 0 Å². The van der Waals surface area contributed by atoms with Gasteiger partial charge in [0.05, 0.1) is 17.8 Å². The van der Waals surface area contributed by atoms with Gasteiger partial charge < -0.3 is 5.11 Å². The number of hydrogen-bond acceptors (Lipinski definition) is 4. The molecule has 0 aliphatic heterocycles. The average molecular weight is 286 g/mol. The molecule has 0 atom stereocenters. The number of aliphatic hydroxyl groups is 1. The molecule has 20 heavy (non-hydrogen) atoms. The second-order valence-electron chi connectivity index (χ2n) is 4.62. The Morgan fingerprint density at radius 1 is 1.25 bits per heavy atom. The molecule has 0 saturated carbocycles. The van der Waals surface area contributed by atoms with Crippen LogP contribution >= 0.6 is 11.3 Å². The van der Waals surface area contributed by atoms with Gasteiger partial charge in [-0.15, -0.1) is 11.3 Å². The van der Waals surface area contributed by atoms with Crippen LogP contribution in [0.25, 0.3) is 0 Å². The Morgan fingerprint density at radius 3 is 2.70 bits per heavy atom. The quantitative estimate of drug-likeness (QED) is 0.858. The summed E-state index contributed by atoms with van der Waals surface area (Å²) in [4.78, 5) is 6.53. The third-order valence-corrected chi connectivity index (χ3v) is 3.43. The fraction of sp³-hybridized carbons (Fsp3) is 0.312. The Balaban J connectivity index is 1.88. The van der Waals surface area contributed by atoms with Gasteiger partial charge >= 0.3 is 0 Å². The Bertz CT molecular complexity index is 567. The monoisotopic (exact) mass is 286 g/mol. The summed E-state index contributed by atoms with van der Waals surface area (Å²) >= 11 is 1.63. The maximum Gasteiger partial charge on any atom is 0.0795 e. The first-order chi connectivity index (χ1) is 9.78. The van der Waals surface area contributed by atoms with E-state index in [1.807, 2.05) is 17.6 Å². The van der Waals surface area contributed by atoms with E-state index in [1.54, 1.807) is 11.3 Å². The van der Waals surface area contributed by atoms with Crippen LogP contribution in [-0.2, 0) is 13.1 Å². The van der Waals surface area contributed by atoms with E-state index in [-0.39, 0.29) is 6.61 Å². The summed E-state index contributed by atoms with van der Waals surface area (Å²) in [6, 6.07) is 8.24. The van der Waals surface area contributed by atoms with E-state index in [9.17, 15) is 0 Å². The van der Waals surface area contributed by atoms with Gasteiger partial charge in [0.1, 0.15) is 0 Å². The zero-order chi connectivity index (χ0) is 14.2. The summed E-state index contributed by atoms with van der Waals surface area (Å²) in [6.07, 6.45) is 0.526. The molecule has 1 aromatic heterocycles. The van der Waals surface area contributed by atoms with Crippen molar-refractivity contribution in [2.75, 3.05) is 13.7 Å². The largest absolute Gasteiger partial charge is 0.395 e. The van der Waals surface area contributed by atoms with Crippen molar-refractivity contribution in [2.24, 2.45) is 0 Å². The van der Waals surface area contributed by atoms with E-state index in [0.717, 1.165) is 24.3 Å². The van der Waals surface area contributed by atoms with Gasteiger partial charge in [-0.2, -0.15) is 0 Å². The second kappa shape index (κ2) is 7.81. The molecule has 0 saturated heterocycles. The van der Waals surface area contributed by atoms with Gasteiger partial charge in [0, 0.05) is 30.5 Å². The Labute approximate surface area is 123 Å². The lowest BCUT2D eigenvalue weighted by Gasteiger charge is -2.15. The summed E-state index contributed by atoms with van der Waals surface area (Å²) in [5.41, 5.74) is 5.23. The smallest absolute Gasteiger partial charge is 0.0795 e. The lowest BCUT2D eigenvalue weighted by Crippen LogP contribution is -2.17. The molecular formula is C16H18N2OS. The van der Waals surface area contributed by atoms with Gasteiger partial charge in [-0.3, -0.25) is 4.90 Å². The van der Waals surface area contributed by atoms with Crippen LogP contribution in [0.4, 0.5) is 0 Å². The van der Waals surface area contributed by atoms with Crippen molar-refractivity contribution in [1.82, 2.24) is 9.88 Å². The van der Waals surface area contributed by atoms with Crippen molar-refractivity contribution in [1.29, 1.82) is 0 Å². The molecule has 4 heteroatoms. The van der Waals surface area contributed by atoms with E-state index in [0.29, 0.717) is 6.42 Å². The van der Waals surface area contributed by atoms with Crippen LogP contribution in [0, 0.1) is 11.8 Å². The van der Waals surface area contributed by atoms with Crippen LogP contribution in [0.2, 0.25) is 0 Å². The standard InChI is InChI=1S/C16H18N2OS/c1-18(11-16-12-20-13-17-16)10-15-7-5-14(6-8-15)4-2-3-9-19/h5-8,12-13,19H,3,9-11H2,1H3. The van der Waals surface area contributed by atoms with E-state index in [1.165, 1.54) is 5.56 Å². The van der Waals surface area contributed by atoms with E-state index in [4.69, 9.17) is 5.11 Å². The van der Waals surface area contributed by atoms with Gasteiger partial charge in [-0.05, 0) is 24.7 Å². The first-order valence-electron chi connectivity index (χ1n) is 6.52. The number of hydrogen-bond donors (Lipinski definition) is 1. The van der Waals surface area contributed by atoms with Crippen LogP contribution in [0.1, 0.15) is 23.2 Å². The molecule has 0 amide bonds. The Hall–Kier alpha value is -1.67. The molecule has 1 N–H and O–H groups in total. The van der Waals surface area contributed by atoms with E-state index >= 15 is 0 Å². The summed E-state index contributed by atoms with van der Waals surface area (Å²) in [7, 11) is 2.09. The molecule has 0 radical (unpaired) electrons. The minimum atomic E-state index is 0.118. The molecule has 1 aromatic carbocycles. The molecule has 0 fully saturated rings. The van der Waals surface area contributed by atoms with Crippen LogP contribution in [0.3, 0.4) is 0 Å². The van der Waals surface area contributed by atoms with Crippen molar-refractivity contribution >= 4 is 11.3 Å². The zero-order valence-electron chi connectivity index (χ0n) is 11.5. The minimum absolute atomic E-state index is 0.118. The van der Waals surface area contributed by atoms with Crippen molar-refractivity contribution in [3.63, 3.8) is 0 Å². The normalized spacial score (nSPS) is 10.3. The van der Waals surface area contributed by atoms with Crippen molar-refractivity contribution in [3.8, 4) is 11.8 Å². The predicted molar refractivity (Wildman–Crippen MR) is 82.3 cm³/mol. The van der Waals surface area contributed by atoms with Gasteiger partial charge in [0.15, 0.2) is 0 Å². The van der Waals surface area contributed by atoms with Gasteiger partial charge in [-0.25, -0.2) is 4.98 Å². The number of aromatic nitrogens is 1. The Kier molecular flexibility index (Phi) is 5.75. The van der Waals surface area contributed by atoms with Crippen LogP contribution in [0.15, 0.2) is 35.2 Å². The number of thiazole rings is 1. The zero-order valence-corrected chi connectivity index (χ0v) is 12.4. The third kappa shape index (κ3) is 4.78. The SMILES string of the molecule is CN(Cc1ccc(C#CCCO)cc1)Cc1cscn1. The summed E-state index contributed by atoms with van der Waals surface area (Å²) < 4.78 is 0. The first kappa shape index (κ1) is 14.7. The van der Waals surface area contributed by atoms with Crippen LogP contribution in [0.5, 0.6) is 0 Å². The molecular weight excluding hydrogens is 268 g/mol. The molecule has 0 unspecified atom stereocenters.